The van der Waals surface area contributed by atoms with Crippen LogP contribution in [0.1, 0.15) is 30.5 Å². The van der Waals surface area contributed by atoms with E-state index in [0.29, 0.717) is 28.4 Å². The molecule has 0 bridgehead atoms. The summed E-state index contributed by atoms with van der Waals surface area (Å²) in [7, 11) is -4.15. The third-order valence-corrected chi connectivity index (χ3v) is 9.39. The molecule has 4 aromatic carbocycles. The Labute approximate surface area is 265 Å². The van der Waals surface area contributed by atoms with Crippen LogP contribution in [-0.2, 0) is 32.6 Å². The van der Waals surface area contributed by atoms with Crippen molar-refractivity contribution < 1.29 is 18.0 Å². The van der Waals surface area contributed by atoms with Gasteiger partial charge in [-0.05, 0) is 53.8 Å². The molecule has 0 saturated heterocycles. The normalized spacial score (nSPS) is 12.0. The highest BCUT2D eigenvalue weighted by Crippen LogP contribution is 2.28. The van der Waals surface area contributed by atoms with Gasteiger partial charge in [0.25, 0.3) is 10.0 Å². The smallest absolute Gasteiger partial charge is 0.264 e. The molecular weight excluding hydrogens is 594 g/mol. The molecule has 230 valence electrons. The summed E-state index contributed by atoms with van der Waals surface area (Å²) in [6.07, 6.45) is 0.233. The van der Waals surface area contributed by atoms with Gasteiger partial charge in [-0.25, -0.2) is 8.42 Å². The molecule has 44 heavy (non-hydrogen) atoms. The Morgan fingerprint density at radius 3 is 2.05 bits per heavy atom. The van der Waals surface area contributed by atoms with E-state index in [1.165, 1.54) is 17.0 Å². The Kier molecular flexibility index (Phi) is 11.2. The van der Waals surface area contributed by atoms with Crippen LogP contribution in [-0.4, -0.2) is 44.3 Å². The summed E-state index contributed by atoms with van der Waals surface area (Å²) >= 11 is 6.55. The van der Waals surface area contributed by atoms with Crippen LogP contribution >= 0.6 is 11.6 Å². The summed E-state index contributed by atoms with van der Waals surface area (Å²) in [6.45, 7) is 5.71. The molecule has 1 atom stereocenters. The van der Waals surface area contributed by atoms with E-state index in [1.807, 2.05) is 56.3 Å². The Morgan fingerprint density at radius 1 is 0.818 bits per heavy atom. The highest BCUT2D eigenvalue weighted by Gasteiger charge is 2.35. The first-order valence-corrected chi connectivity index (χ1v) is 16.4. The first-order chi connectivity index (χ1) is 21.1. The fourth-order valence-electron chi connectivity index (χ4n) is 4.86. The zero-order valence-electron chi connectivity index (χ0n) is 25.2. The molecule has 7 nitrogen and oxygen atoms in total. The molecule has 4 aromatic rings. The number of halogens is 1. The second kappa shape index (κ2) is 15.0. The van der Waals surface area contributed by atoms with Crippen LogP contribution in [0.4, 0.5) is 5.69 Å². The fourth-order valence-corrected chi connectivity index (χ4v) is 6.56. The highest BCUT2D eigenvalue weighted by atomic mass is 35.5. The van der Waals surface area contributed by atoms with Crippen LogP contribution in [0.5, 0.6) is 0 Å². The fraction of sp³-hybridized carbons (Fsp3) is 0.257. The number of aryl methyl sites for hydroxylation is 1. The quantitative estimate of drug-likeness (QED) is 0.189. The predicted octanol–water partition coefficient (Wildman–Crippen LogP) is 6.26. The Bertz CT molecular complexity index is 1660. The summed E-state index contributed by atoms with van der Waals surface area (Å²) < 4.78 is 29.3. The summed E-state index contributed by atoms with van der Waals surface area (Å²) in [5.41, 5.74) is 2.58. The zero-order valence-corrected chi connectivity index (χ0v) is 26.8. The molecule has 9 heteroatoms. The summed E-state index contributed by atoms with van der Waals surface area (Å²) in [4.78, 5) is 29.8. The first kappa shape index (κ1) is 32.8. The van der Waals surface area contributed by atoms with Crippen LogP contribution in [0.2, 0.25) is 5.02 Å². The lowest BCUT2D eigenvalue weighted by Crippen LogP contribution is -2.53. The second-order valence-electron chi connectivity index (χ2n) is 11.1. The van der Waals surface area contributed by atoms with Gasteiger partial charge in [-0.1, -0.05) is 110 Å². The van der Waals surface area contributed by atoms with Crippen molar-refractivity contribution in [2.45, 2.75) is 44.7 Å². The molecule has 2 amide bonds. The molecule has 0 spiro atoms. The minimum atomic E-state index is -4.15. The largest absolute Gasteiger partial charge is 0.354 e. The van der Waals surface area contributed by atoms with E-state index in [9.17, 15) is 18.0 Å². The molecule has 0 aliphatic carbocycles. The van der Waals surface area contributed by atoms with Gasteiger partial charge in [-0.15, -0.1) is 0 Å². The molecule has 0 unspecified atom stereocenters. The van der Waals surface area contributed by atoms with Gasteiger partial charge < -0.3 is 10.2 Å². The van der Waals surface area contributed by atoms with Gasteiger partial charge in [0.05, 0.1) is 10.6 Å². The number of carbonyl (C=O) groups is 2. The van der Waals surface area contributed by atoms with Gasteiger partial charge in [0.2, 0.25) is 11.8 Å². The summed E-state index contributed by atoms with van der Waals surface area (Å²) in [6, 6.07) is 30.7. The summed E-state index contributed by atoms with van der Waals surface area (Å²) in [5, 5.41) is 3.43. The number of rotatable bonds is 13. The third kappa shape index (κ3) is 8.27. The van der Waals surface area contributed by atoms with Crippen molar-refractivity contribution in [3.05, 3.63) is 131 Å². The number of sulfonamides is 1. The number of hydrogen-bond donors (Lipinski definition) is 1. The van der Waals surface area contributed by atoms with Crippen molar-refractivity contribution in [3.8, 4) is 0 Å². The minimum absolute atomic E-state index is 0.0120. The number of hydrogen-bond acceptors (Lipinski definition) is 4. The van der Waals surface area contributed by atoms with Crippen LogP contribution < -0.4 is 9.62 Å². The number of benzene rings is 4. The average Bonchev–Trinajstić information content (AvgIpc) is 3.02. The van der Waals surface area contributed by atoms with Gasteiger partial charge >= 0.3 is 0 Å². The van der Waals surface area contributed by atoms with Gasteiger partial charge in [0, 0.05) is 24.5 Å². The van der Waals surface area contributed by atoms with E-state index >= 15 is 0 Å². The lowest BCUT2D eigenvalue weighted by atomic mass is 10.0. The van der Waals surface area contributed by atoms with Gasteiger partial charge in [0.1, 0.15) is 12.6 Å². The second-order valence-corrected chi connectivity index (χ2v) is 13.3. The SMILES string of the molecule is Cc1ccccc1N(CC(=O)N(Cc1ccccc1Cl)[C@H](Cc1ccccc1)C(=O)NCC(C)C)S(=O)(=O)c1ccccc1. The minimum Gasteiger partial charge on any atom is -0.354 e. The van der Waals surface area contributed by atoms with Crippen molar-refractivity contribution in [2.24, 2.45) is 5.92 Å². The summed E-state index contributed by atoms with van der Waals surface area (Å²) in [5.74, 6) is -0.666. The van der Waals surface area contributed by atoms with Crippen molar-refractivity contribution in [1.29, 1.82) is 0 Å². The Balaban J connectivity index is 1.81. The van der Waals surface area contributed by atoms with Gasteiger partial charge in [0.15, 0.2) is 0 Å². The number of anilines is 1. The standard InChI is InChI=1S/C35H38ClN3O4S/c1-26(2)23-37-35(41)33(22-28-15-6-4-7-16-28)38(24-29-17-11-12-20-31(29)36)34(40)25-39(32-21-13-10-14-27(32)3)44(42,43)30-18-8-5-9-19-30/h4-21,26,33H,22-25H2,1-3H3,(H,37,41)/t33-/m1/s1. The average molecular weight is 632 g/mol. The first-order valence-electron chi connectivity index (χ1n) is 14.6. The molecule has 1 N–H and O–H groups in total. The van der Waals surface area contributed by atoms with E-state index in [1.54, 1.807) is 61.5 Å². The molecule has 0 saturated carbocycles. The topological polar surface area (TPSA) is 86.8 Å². The molecule has 0 aromatic heterocycles. The number of amides is 2. The van der Waals surface area contributed by atoms with Crippen molar-refractivity contribution in [2.75, 3.05) is 17.4 Å². The van der Waals surface area contributed by atoms with E-state index in [4.69, 9.17) is 11.6 Å². The molecule has 0 aliphatic rings. The lowest BCUT2D eigenvalue weighted by Gasteiger charge is -2.34. The van der Waals surface area contributed by atoms with Crippen LogP contribution in [0.25, 0.3) is 0 Å². The molecule has 0 radical (unpaired) electrons. The maximum absolute atomic E-state index is 14.5. The van der Waals surface area contributed by atoms with E-state index in [2.05, 4.69) is 5.32 Å². The monoisotopic (exact) mass is 631 g/mol. The van der Waals surface area contributed by atoms with E-state index in [-0.39, 0.29) is 29.7 Å². The number of carbonyl (C=O) groups excluding carboxylic acids is 2. The van der Waals surface area contributed by atoms with Crippen molar-refractivity contribution in [3.63, 3.8) is 0 Å². The Hall–Kier alpha value is -4.14. The molecular formula is C35H38ClN3O4S. The predicted molar refractivity (Wildman–Crippen MR) is 176 cm³/mol. The van der Waals surface area contributed by atoms with Crippen molar-refractivity contribution in [1.82, 2.24) is 10.2 Å². The molecule has 0 aliphatic heterocycles. The highest BCUT2D eigenvalue weighted by molar-refractivity contribution is 7.92. The maximum atomic E-state index is 14.5. The molecule has 4 rings (SSSR count). The molecule has 0 heterocycles. The molecule has 0 fully saturated rings. The third-order valence-electron chi connectivity index (χ3n) is 7.25. The number of nitrogens with one attached hydrogen (secondary N) is 1. The maximum Gasteiger partial charge on any atom is 0.264 e. The van der Waals surface area contributed by atoms with Crippen molar-refractivity contribution >= 4 is 39.1 Å². The van der Waals surface area contributed by atoms with E-state index in [0.717, 1.165) is 9.87 Å². The Morgan fingerprint density at radius 2 is 1.41 bits per heavy atom. The van der Waals surface area contributed by atoms with Gasteiger partial charge in [-0.3, -0.25) is 13.9 Å². The zero-order chi connectivity index (χ0) is 31.7. The lowest BCUT2D eigenvalue weighted by molar-refractivity contribution is -0.140. The number of nitrogens with zero attached hydrogens (tertiary/aromatic N) is 2. The van der Waals surface area contributed by atoms with Crippen LogP contribution in [0.15, 0.2) is 114 Å². The number of para-hydroxylation sites is 1. The van der Waals surface area contributed by atoms with Gasteiger partial charge in [-0.2, -0.15) is 0 Å². The van der Waals surface area contributed by atoms with Crippen LogP contribution in [0.3, 0.4) is 0 Å². The van der Waals surface area contributed by atoms with Crippen LogP contribution in [0, 0.1) is 12.8 Å². The van der Waals surface area contributed by atoms with E-state index < -0.39 is 28.5 Å².